The molecule has 2 rings (SSSR count). The summed E-state index contributed by atoms with van der Waals surface area (Å²) >= 11 is 8.11. The van der Waals surface area contributed by atoms with E-state index >= 15 is 0 Å². The maximum Gasteiger partial charge on any atom is 0.161 e. The fourth-order valence-electron chi connectivity index (χ4n) is 1.49. The lowest BCUT2D eigenvalue weighted by molar-refractivity contribution is 0.491. The van der Waals surface area contributed by atoms with Crippen molar-refractivity contribution in [3.05, 3.63) is 55.4 Å². The van der Waals surface area contributed by atoms with Crippen molar-refractivity contribution in [1.82, 2.24) is 0 Å². The van der Waals surface area contributed by atoms with Crippen molar-refractivity contribution in [1.29, 1.82) is 0 Å². The SMILES string of the molecule is Cc1cc(C(Br)c2cc(F)c(F)cc2F)sc1Br. The van der Waals surface area contributed by atoms with Gasteiger partial charge in [-0.2, -0.15) is 0 Å². The molecule has 0 amide bonds. The first-order chi connectivity index (χ1) is 8.40. The molecule has 0 nitrogen and oxygen atoms in total. The van der Waals surface area contributed by atoms with Crippen LogP contribution in [0.1, 0.15) is 20.8 Å². The number of thiophene rings is 1. The summed E-state index contributed by atoms with van der Waals surface area (Å²) in [7, 11) is 0. The first-order valence-corrected chi connectivity index (χ1v) is 7.47. The largest absolute Gasteiger partial charge is 0.207 e. The van der Waals surface area contributed by atoms with E-state index in [0.29, 0.717) is 6.07 Å². The van der Waals surface area contributed by atoms with Crippen molar-refractivity contribution in [2.75, 3.05) is 0 Å². The minimum absolute atomic E-state index is 0.0858. The van der Waals surface area contributed by atoms with Crippen molar-refractivity contribution in [2.45, 2.75) is 11.8 Å². The Morgan fingerprint density at radius 3 is 2.22 bits per heavy atom. The molecule has 0 N–H and O–H groups in total. The fourth-order valence-corrected chi connectivity index (χ4v) is 3.83. The summed E-state index contributed by atoms with van der Waals surface area (Å²) in [5.74, 6) is -3.00. The van der Waals surface area contributed by atoms with Crippen LogP contribution in [0.15, 0.2) is 22.0 Å². The van der Waals surface area contributed by atoms with Gasteiger partial charge in [0.05, 0.1) is 8.61 Å². The monoisotopic (exact) mass is 398 g/mol. The first-order valence-electron chi connectivity index (χ1n) is 4.94. The lowest BCUT2D eigenvalue weighted by Gasteiger charge is -2.09. The highest BCUT2D eigenvalue weighted by Crippen LogP contribution is 2.40. The molecule has 0 saturated heterocycles. The second kappa shape index (κ2) is 5.35. The van der Waals surface area contributed by atoms with E-state index in [0.717, 1.165) is 20.3 Å². The van der Waals surface area contributed by atoms with E-state index in [-0.39, 0.29) is 5.56 Å². The molecule has 0 fully saturated rings. The van der Waals surface area contributed by atoms with Gasteiger partial charge in [-0.05, 0) is 40.5 Å². The van der Waals surface area contributed by atoms with Crippen LogP contribution in [-0.2, 0) is 0 Å². The van der Waals surface area contributed by atoms with Crippen LogP contribution in [0.25, 0.3) is 0 Å². The van der Waals surface area contributed by atoms with Gasteiger partial charge >= 0.3 is 0 Å². The van der Waals surface area contributed by atoms with Crippen LogP contribution in [-0.4, -0.2) is 0 Å². The molecule has 6 heteroatoms. The van der Waals surface area contributed by atoms with Gasteiger partial charge in [-0.1, -0.05) is 15.9 Å². The van der Waals surface area contributed by atoms with Gasteiger partial charge in [-0.25, -0.2) is 13.2 Å². The molecule has 0 spiro atoms. The summed E-state index contributed by atoms with van der Waals surface area (Å²) in [6.07, 6.45) is 0. The summed E-state index contributed by atoms with van der Waals surface area (Å²) in [5.41, 5.74) is 1.10. The summed E-state index contributed by atoms with van der Waals surface area (Å²) in [5, 5.41) is 0. The third-order valence-corrected chi connectivity index (χ3v) is 5.93. The molecule has 96 valence electrons. The van der Waals surface area contributed by atoms with Crippen LogP contribution in [0.3, 0.4) is 0 Å². The van der Waals surface area contributed by atoms with Crippen LogP contribution >= 0.6 is 43.2 Å². The van der Waals surface area contributed by atoms with Crippen molar-refractivity contribution >= 4 is 43.2 Å². The molecule has 0 radical (unpaired) electrons. The van der Waals surface area contributed by atoms with Gasteiger partial charge in [0, 0.05) is 16.5 Å². The van der Waals surface area contributed by atoms with Crippen molar-refractivity contribution in [3.63, 3.8) is 0 Å². The zero-order valence-electron chi connectivity index (χ0n) is 9.11. The van der Waals surface area contributed by atoms with E-state index in [4.69, 9.17) is 0 Å². The van der Waals surface area contributed by atoms with E-state index in [1.165, 1.54) is 11.3 Å². The number of hydrogen-bond donors (Lipinski definition) is 0. The Hall–Kier alpha value is -0.330. The second-order valence-corrected chi connectivity index (χ2v) is 7.07. The fraction of sp³-hybridized carbons (Fsp3) is 0.167. The minimum atomic E-state index is -1.18. The molecule has 0 bridgehead atoms. The van der Waals surface area contributed by atoms with E-state index in [1.54, 1.807) is 0 Å². The minimum Gasteiger partial charge on any atom is -0.207 e. The maximum absolute atomic E-state index is 13.6. The average molecular weight is 400 g/mol. The quantitative estimate of drug-likeness (QED) is 0.447. The molecule has 1 aromatic carbocycles. The second-order valence-electron chi connectivity index (χ2n) is 3.76. The summed E-state index contributed by atoms with van der Waals surface area (Å²) in [4.78, 5) is 0.326. The molecule has 1 heterocycles. The lowest BCUT2D eigenvalue weighted by Crippen LogP contribution is -1.98. The van der Waals surface area contributed by atoms with Crippen LogP contribution in [0.5, 0.6) is 0 Å². The molecule has 1 unspecified atom stereocenters. The molecule has 0 aliphatic carbocycles. The Morgan fingerprint density at radius 2 is 1.67 bits per heavy atom. The van der Waals surface area contributed by atoms with Crippen molar-refractivity contribution in [2.24, 2.45) is 0 Å². The Morgan fingerprint density at radius 1 is 1.06 bits per heavy atom. The number of hydrogen-bond acceptors (Lipinski definition) is 1. The van der Waals surface area contributed by atoms with E-state index < -0.39 is 22.3 Å². The summed E-state index contributed by atoms with van der Waals surface area (Å²) in [6.45, 7) is 1.91. The highest BCUT2D eigenvalue weighted by molar-refractivity contribution is 9.11. The Balaban J connectivity index is 2.45. The lowest BCUT2D eigenvalue weighted by atomic mass is 10.1. The van der Waals surface area contributed by atoms with Gasteiger partial charge < -0.3 is 0 Å². The third-order valence-electron chi connectivity index (χ3n) is 2.44. The smallest absolute Gasteiger partial charge is 0.161 e. The van der Waals surface area contributed by atoms with Gasteiger partial charge in [0.15, 0.2) is 11.6 Å². The van der Waals surface area contributed by atoms with Gasteiger partial charge in [0.25, 0.3) is 0 Å². The van der Waals surface area contributed by atoms with Crippen LogP contribution in [0.4, 0.5) is 13.2 Å². The van der Waals surface area contributed by atoms with Gasteiger partial charge in [-0.3, -0.25) is 0 Å². The molecule has 0 aliphatic heterocycles. The molecular weight excluding hydrogens is 393 g/mol. The van der Waals surface area contributed by atoms with Crippen LogP contribution < -0.4 is 0 Å². The zero-order valence-corrected chi connectivity index (χ0v) is 13.1. The highest BCUT2D eigenvalue weighted by Gasteiger charge is 2.20. The Kier molecular flexibility index (Phi) is 4.18. The predicted octanol–water partition coefficient (Wildman–Crippen LogP) is 5.72. The molecular formula is C12H7Br2F3S. The Bertz CT molecular complexity index is 576. The van der Waals surface area contributed by atoms with Gasteiger partial charge in [0.1, 0.15) is 5.82 Å². The number of alkyl halides is 1. The van der Waals surface area contributed by atoms with Crippen molar-refractivity contribution < 1.29 is 13.2 Å². The van der Waals surface area contributed by atoms with Crippen LogP contribution in [0.2, 0.25) is 0 Å². The molecule has 1 aromatic heterocycles. The van der Waals surface area contributed by atoms with Crippen LogP contribution in [0, 0.1) is 24.4 Å². The predicted molar refractivity (Wildman–Crippen MR) is 73.8 cm³/mol. The van der Waals surface area contributed by atoms with E-state index in [9.17, 15) is 13.2 Å². The normalized spacial score (nSPS) is 12.8. The number of rotatable bonds is 2. The molecule has 2 aromatic rings. The maximum atomic E-state index is 13.6. The zero-order chi connectivity index (χ0) is 13.4. The Labute approximate surface area is 123 Å². The average Bonchev–Trinajstić information content (AvgIpc) is 2.63. The standard InChI is InChI=1S/C12H7Br2F3S/c1-5-2-10(18-12(5)14)11(13)6-3-8(16)9(17)4-7(6)15/h2-4,11H,1H3. The number of halogens is 5. The molecule has 1 atom stereocenters. The van der Waals surface area contributed by atoms with E-state index in [2.05, 4.69) is 31.9 Å². The number of aryl methyl sites for hydroxylation is 1. The van der Waals surface area contributed by atoms with Crippen molar-refractivity contribution in [3.8, 4) is 0 Å². The van der Waals surface area contributed by atoms with Gasteiger partial charge in [-0.15, -0.1) is 11.3 Å². The molecule has 0 aliphatic rings. The molecule has 18 heavy (non-hydrogen) atoms. The van der Waals surface area contributed by atoms with Gasteiger partial charge in [0.2, 0.25) is 0 Å². The molecule has 0 saturated carbocycles. The number of benzene rings is 1. The topological polar surface area (TPSA) is 0 Å². The van der Waals surface area contributed by atoms with E-state index in [1.807, 2.05) is 13.0 Å². The third kappa shape index (κ3) is 2.65. The summed E-state index contributed by atoms with van der Waals surface area (Å²) in [6, 6.07) is 3.32. The summed E-state index contributed by atoms with van der Waals surface area (Å²) < 4.78 is 40.6. The highest BCUT2D eigenvalue weighted by atomic mass is 79.9. The first kappa shape index (κ1) is 14.1.